The largest absolute Gasteiger partial charge is 0.468 e. The SMILES string of the molecule is CCOC(=O)C1CCCC(Nc2nc3c(c(=O)n(Cc4ccc(Cl)c(Cl)c4)c(=O)n3C)n2CC(=O)OC)C1. The molecular formula is C25H29Cl2N5O6. The maximum Gasteiger partial charge on any atom is 0.332 e. The molecule has 1 fully saturated rings. The van der Waals surface area contributed by atoms with Crippen LogP contribution in [0.3, 0.4) is 0 Å². The number of carbonyl (C=O) groups excluding carboxylic acids is 2. The topological polar surface area (TPSA) is 126 Å². The number of hydrogen-bond donors (Lipinski definition) is 1. The Hall–Kier alpha value is -3.31. The Labute approximate surface area is 228 Å². The van der Waals surface area contributed by atoms with E-state index in [0.29, 0.717) is 28.6 Å². The van der Waals surface area contributed by atoms with Gasteiger partial charge < -0.3 is 14.8 Å². The van der Waals surface area contributed by atoms with Gasteiger partial charge in [0.25, 0.3) is 5.56 Å². The number of methoxy groups -OCH3 is 1. The third-order valence-electron chi connectivity index (χ3n) is 6.70. The number of esters is 2. The Balaban J connectivity index is 1.77. The van der Waals surface area contributed by atoms with Crippen molar-refractivity contribution in [1.82, 2.24) is 18.7 Å². The molecule has 0 aliphatic heterocycles. The molecule has 0 radical (unpaired) electrons. The fraction of sp³-hybridized carbons (Fsp3) is 0.480. The maximum absolute atomic E-state index is 13.7. The number of aromatic nitrogens is 4. The molecular weight excluding hydrogens is 537 g/mol. The van der Waals surface area contributed by atoms with Crippen LogP contribution in [-0.2, 0) is 39.2 Å². The van der Waals surface area contributed by atoms with Gasteiger partial charge in [-0.1, -0.05) is 35.7 Å². The Bertz CT molecular complexity index is 1490. The van der Waals surface area contributed by atoms with Gasteiger partial charge in [0.15, 0.2) is 11.2 Å². The molecule has 1 aromatic carbocycles. The molecule has 1 N–H and O–H groups in total. The minimum atomic E-state index is -0.619. The van der Waals surface area contributed by atoms with Gasteiger partial charge >= 0.3 is 17.6 Å². The number of benzene rings is 1. The molecule has 2 atom stereocenters. The van der Waals surface area contributed by atoms with E-state index in [0.717, 1.165) is 23.8 Å². The van der Waals surface area contributed by atoms with Crippen molar-refractivity contribution >= 4 is 52.3 Å². The summed E-state index contributed by atoms with van der Waals surface area (Å²) in [6, 6.07) is 4.69. The first kappa shape index (κ1) is 27.7. The Morgan fingerprint density at radius 3 is 2.61 bits per heavy atom. The average molecular weight is 566 g/mol. The van der Waals surface area contributed by atoms with E-state index in [2.05, 4.69) is 10.3 Å². The van der Waals surface area contributed by atoms with Crippen LogP contribution in [0.4, 0.5) is 5.95 Å². The van der Waals surface area contributed by atoms with Crippen LogP contribution in [0.2, 0.25) is 10.0 Å². The zero-order valence-electron chi connectivity index (χ0n) is 21.3. The summed E-state index contributed by atoms with van der Waals surface area (Å²) >= 11 is 12.1. The number of ether oxygens (including phenoxy) is 2. The van der Waals surface area contributed by atoms with Gasteiger partial charge in [0.05, 0.1) is 36.2 Å². The van der Waals surface area contributed by atoms with Crippen LogP contribution in [0.25, 0.3) is 11.2 Å². The maximum atomic E-state index is 13.7. The lowest BCUT2D eigenvalue weighted by Gasteiger charge is -2.28. The number of rotatable bonds is 8. The lowest BCUT2D eigenvalue weighted by Crippen LogP contribution is -2.40. The van der Waals surface area contributed by atoms with Crippen molar-refractivity contribution in [3.63, 3.8) is 0 Å². The van der Waals surface area contributed by atoms with E-state index in [4.69, 9.17) is 32.7 Å². The Morgan fingerprint density at radius 1 is 1.16 bits per heavy atom. The van der Waals surface area contributed by atoms with E-state index in [9.17, 15) is 19.2 Å². The van der Waals surface area contributed by atoms with Gasteiger partial charge in [0, 0.05) is 13.1 Å². The van der Waals surface area contributed by atoms with Gasteiger partial charge in [-0.25, -0.2) is 4.79 Å². The summed E-state index contributed by atoms with van der Waals surface area (Å²) in [5.41, 5.74) is -0.413. The lowest BCUT2D eigenvalue weighted by molar-refractivity contribution is -0.149. The van der Waals surface area contributed by atoms with Gasteiger partial charge in [-0.3, -0.25) is 28.1 Å². The van der Waals surface area contributed by atoms with Gasteiger partial charge in [-0.2, -0.15) is 4.98 Å². The summed E-state index contributed by atoms with van der Waals surface area (Å²) in [7, 11) is 2.75. The van der Waals surface area contributed by atoms with Crippen molar-refractivity contribution in [1.29, 1.82) is 0 Å². The van der Waals surface area contributed by atoms with E-state index in [1.807, 2.05) is 0 Å². The summed E-state index contributed by atoms with van der Waals surface area (Å²) in [5, 5.41) is 3.94. The summed E-state index contributed by atoms with van der Waals surface area (Å²) < 4.78 is 13.8. The monoisotopic (exact) mass is 565 g/mol. The molecule has 38 heavy (non-hydrogen) atoms. The van der Waals surface area contributed by atoms with Gasteiger partial charge in [0.1, 0.15) is 6.54 Å². The third-order valence-corrected chi connectivity index (χ3v) is 7.44. The number of anilines is 1. The van der Waals surface area contributed by atoms with Crippen LogP contribution in [0, 0.1) is 5.92 Å². The molecule has 11 nitrogen and oxygen atoms in total. The molecule has 0 saturated heterocycles. The Morgan fingerprint density at radius 2 is 1.92 bits per heavy atom. The number of aryl methyl sites for hydroxylation is 1. The van der Waals surface area contributed by atoms with Crippen molar-refractivity contribution in [2.45, 2.75) is 51.7 Å². The molecule has 1 aliphatic rings. The molecule has 2 unspecified atom stereocenters. The van der Waals surface area contributed by atoms with Crippen LogP contribution < -0.4 is 16.6 Å². The number of halogens is 2. The first-order valence-corrected chi connectivity index (χ1v) is 13.0. The highest BCUT2D eigenvalue weighted by Gasteiger charge is 2.30. The molecule has 13 heteroatoms. The highest BCUT2D eigenvalue weighted by Crippen LogP contribution is 2.28. The number of imidazole rings is 1. The highest BCUT2D eigenvalue weighted by molar-refractivity contribution is 6.42. The van der Waals surface area contributed by atoms with Crippen LogP contribution in [0.15, 0.2) is 27.8 Å². The predicted molar refractivity (Wildman–Crippen MR) is 143 cm³/mol. The first-order chi connectivity index (χ1) is 18.1. The van der Waals surface area contributed by atoms with Crippen molar-refractivity contribution in [3.05, 3.63) is 54.6 Å². The molecule has 0 amide bonds. The lowest BCUT2D eigenvalue weighted by atomic mass is 9.86. The second kappa shape index (κ2) is 11.6. The zero-order valence-corrected chi connectivity index (χ0v) is 22.8. The number of hydrogen-bond acceptors (Lipinski definition) is 8. The van der Waals surface area contributed by atoms with Crippen molar-refractivity contribution < 1.29 is 19.1 Å². The molecule has 2 heterocycles. The van der Waals surface area contributed by atoms with Gasteiger partial charge in [-0.05, 0) is 43.9 Å². The number of nitrogens with one attached hydrogen (secondary N) is 1. The minimum Gasteiger partial charge on any atom is -0.468 e. The minimum absolute atomic E-state index is 0.0612. The van der Waals surface area contributed by atoms with Gasteiger partial charge in [-0.15, -0.1) is 0 Å². The normalized spacial score (nSPS) is 17.4. The molecule has 2 aromatic heterocycles. The molecule has 1 saturated carbocycles. The van der Waals surface area contributed by atoms with Crippen LogP contribution >= 0.6 is 23.2 Å². The van der Waals surface area contributed by atoms with Crippen molar-refractivity contribution in [2.75, 3.05) is 19.0 Å². The quantitative estimate of drug-likeness (QED) is 0.413. The average Bonchev–Trinajstić information content (AvgIpc) is 3.25. The molecule has 204 valence electrons. The van der Waals surface area contributed by atoms with Crippen LogP contribution in [0.5, 0.6) is 0 Å². The number of carbonyl (C=O) groups is 2. The molecule has 0 bridgehead atoms. The second-order valence-electron chi connectivity index (χ2n) is 9.21. The summed E-state index contributed by atoms with van der Waals surface area (Å²) in [6.07, 6.45) is 2.80. The molecule has 0 spiro atoms. The fourth-order valence-electron chi connectivity index (χ4n) is 4.77. The molecule has 3 aromatic rings. The summed E-state index contributed by atoms with van der Waals surface area (Å²) in [6.45, 7) is 1.72. The van der Waals surface area contributed by atoms with E-state index < -0.39 is 17.2 Å². The van der Waals surface area contributed by atoms with E-state index >= 15 is 0 Å². The highest BCUT2D eigenvalue weighted by atomic mass is 35.5. The third kappa shape index (κ3) is 5.58. The van der Waals surface area contributed by atoms with E-state index in [-0.39, 0.29) is 48.1 Å². The number of fused-ring (bicyclic) bond motifs is 1. The summed E-state index contributed by atoms with van der Waals surface area (Å²) in [5.74, 6) is -0.856. The smallest absolute Gasteiger partial charge is 0.332 e. The summed E-state index contributed by atoms with van der Waals surface area (Å²) in [4.78, 5) is 56.0. The zero-order chi connectivity index (χ0) is 27.6. The van der Waals surface area contributed by atoms with Crippen LogP contribution in [0.1, 0.15) is 38.2 Å². The van der Waals surface area contributed by atoms with Crippen molar-refractivity contribution in [2.24, 2.45) is 13.0 Å². The molecule has 4 rings (SSSR count). The molecule has 1 aliphatic carbocycles. The fourth-order valence-corrected chi connectivity index (χ4v) is 5.09. The predicted octanol–water partition coefficient (Wildman–Crippen LogP) is 2.96. The van der Waals surface area contributed by atoms with Crippen molar-refractivity contribution in [3.8, 4) is 0 Å². The van der Waals surface area contributed by atoms with Gasteiger partial charge in [0.2, 0.25) is 5.95 Å². The second-order valence-corrected chi connectivity index (χ2v) is 10.0. The first-order valence-electron chi connectivity index (χ1n) is 12.3. The van der Waals surface area contributed by atoms with E-state index in [1.165, 1.54) is 23.3 Å². The standard InChI is InChI=1S/C25H29Cl2N5O6/c1-4-38-23(35)15-6-5-7-16(11-15)28-24-29-21-20(31(24)13-19(33)37-3)22(34)32(25(36)30(21)2)12-14-8-9-17(26)18(27)10-14/h8-10,15-16H,4-7,11-13H2,1-3H3,(H,28,29). The Kier molecular flexibility index (Phi) is 8.47. The van der Waals surface area contributed by atoms with E-state index in [1.54, 1.807) is 25.1 Å². The van der Waals surface area contributed by atoms with Crippen LogP contribution in [-0.4, -0.2) is 50.4 Å². The number of nitrogens with zero attached hydrogens (tertiary/aromatic N) is 4.